The van der Waals surface area contributed by atoms with Gasteiger partial charge in [-0.3, -0.25) is 4.79 Å². The Morgan fingerprint density at radius 3 is 2.24 bits per heavy atom. The fourth-order valence-corrected chi connectivity index (χ4v) is 2.27. The van der Waals surface area contributed by atoms with Crippen LogP contribution in [0.3, 0.4) is 0 Å². The van der Waals surface area contributed by atoms with Crippen LogP contribution >= 0.6 is 0 Å². The average Bonchev–Trinajstić information content (AvgIpc) is 2.25. The monoisotopic (exact) mass is 255 g/mol. The molecule has 0 heterocycles. The Hall–Kier alpha value is -1.36. The second kappa shape index (κ2) is 4.87. The third-order valence-electron chi connectivity index (χ3n) is 2.61. The lowest BCUT2D eigenvalue weighted by atomic mass is 10.2. The molecule has 0 aliphatic heterocycles. The Bertz CT molecular complexity index is 520. The molecule has 0 N–H and O–H groups in total. The highest BCUT2D eigenvalue weighted by Crippen LogP contribution is 2.17. The van der Waals surface area contributed by atoms with E-state index in [4.69, 9.17) is 0 Å². The lowest BCUT2D eigenvalue weighted by Gasteiger charge is -2.22. The zero-order valence-electron chi connectivity index (χ0n) is 10.5. The molecule has 0 saturated carbocycles. The molecule has 0 aromatic heterocycles. The predicted molar refractivity (Wildman–Crippen MR) is 66.8 cm³/mol. The lowest BCUT2D eigenvalue weighted by molar-refractivity contribution is 0.0751. The quantitative estimate of drug-likeness (QED) is 0.823. The van der Waals surface area contributed by atoms with Gasteiger partial charge in [0.05, 0.1) is 10.5 Å². The van der Waals surface area contributed by atoms with Crippen LogP contribution in [0, 0.1) is 0 Å². The Morgan fingerprint density at radius 2 is 1.76 bits per heavy atom. The van der Waals surface area contributed by atoms with Gasteiger partial charge in [-0.05, 0) is 26.0 Å². The van der Waals surface area contributed by atoms with Crippen molar-refractivity contribution in [2.45, 2.75) is 24.8 Å². The molecule has 0 aliphatic rings. The van der Waals surface area contributed by atoms with E-state index < -0.39 is 9.84 Å². The maximum Gasteiger partial charge on any atom is 0.255 e. The van der Waals surface area contributed by atoms with Crippen LogP contribution in [0.2, 0.25) is 0 Å². The summed E-state index contributed by atoms with van der Waals surface area (Å²) < 4.78 is 23.2. The first-order valence-electron chi connectivity index (χ1n) is 5.31. The van der Waals surface area contributed by atoms with Gasteiger partial charge in [0.15, 0.2) is 9.84 Å². The van der Waals surface area contributed by atoms with E-state index in [2.05, 4.69) is 0 Å². The van der Waals surface area contributed by atoms with Crippen LogP contribution in [0.5, 0.6) is 0 Å². The van der Waals surface area contributed by atoms with Gasteiger partial charge in [-0.2, -0.15) is 0 Å². The minimum atomic E-state index is -3.39. The maximum absolute atomic E-state index is 12.1. The SMILES string of the molecule is CC(C)N(C)C(=O)c1ccccc1S(C)(=O)=O. The van der Waals surface area contributed by atoms with E-state index in [9.17, 15) is 13.2 Å². The van der Waals surface area contributed by atoms with Crippen LogP contribution in [-0.4, -0.2) is 38.6 Å². The van der Waals surface area contributed by atoms with Crippen LogP contribution in [0.15, 0.2) is 29.2 Å². The van der Waals surface area contributed by atoms with E-state index in [1.807, 2.05) is 13.8 Å². The molecule has 0 spiro atoms. The van der Waals surface area contributed by atoms with E-state index in [1.54, 1.807) is 19.2 Å². The van der Waals surface area contributed by atoms with E-state index >= 15 is 0 Å². The minimum Gasteiger partial charge on any atom is -0.339 e. The molecule has 17 heavy (non-hydrogen) atoms. The summed E-state index contributed by atoms with van der Waals surface area (Å²) in [6, 6.07) is 6.29. The number of hydrogen-bond acceptors (Lipinski definition) is 3. The molecular weight excluding hydrogens is 238 g/mol. The molecule has 0 unspecified atom stereocenters. The van der Waals surface area contributed by atoms with Gasteiger partial charge in [-0.1, -0.05) is 12.1 Å². The molecule has 0 bridgehead atoms. The summed E-state index contributed by atoms with van der Waals surface area (Å²) in [7, 11) is -1.73. The molecule has 5 heteroatoms. The molecule has 0 radical (unpaired) electrons. The van der Waals surface area contributed by atoms with E-state index in [0.717, 1.165) is 6.26 Å². The van der Waals surface area contributed by atoms with Gasteiger partial charge in [0.2, 0.25) is 0 Å². The van der Waals surface area contributed by atoms with Crippen LogP contribution in [0.4, 0.5) is 0 Å². The van der Waals surface area contributed by atoms with Crippen LogP contribution < -0.4 is 0 Å². The van der Waals surface area contributed by atoms with E-state index in [1.165, 1.54) is 17.0 Å². The van der Waals surface area contributed by atoms with Crippen molar-refractivity contribution in [1.29, 1.82) is 0 Å². The average molecular weight is 255 g/mol. The van der Waals surface area contributed by atoms with Crippen molar-refractivity contribution in [3.8, 4) is 0 Å². The normalized spacial score (nSPS) is 11.6. The molecule has 0 fully saturated rings. The number of carbonyl (C=O) groups excluding carboxylic acids is 1. The molecule has 0 saturated heterocycles. The summed E-state index contributed by atoms with van der Waals surface area (Å²) in [6.45, 7) is 3.75. The zero-order valence-corrected chi connectivity index (χ0v) is 11.3. The van der Waals surface area contributed by atoms with Gasteiger partial charge >= 0.3 is 0 Å². The van der Waals surface area contributed by atoms with Gasteiger partial charge < -0.3 is 4.90 Å². The number of benzene rings is 1. The first-order valence-corrected chi connectivity index (χ1v) is 7.20. The summed E-state index contributed by atoms with van der Waals surface area (Å²) in [5.74, 6) is -0.277. The maximum atomic E-state index is 12.1. The van der Waals surface area contributed by atoms with Crippen LogP contribution in [-0.2, 0) is 9.84 Å². The Labute approximate surface area is 102 Å². The Kier molecular flexibility index (Phi) is 3.93. The van der Waals surface area contributed by atoms with Crippen molar-refractivity contribution in [3.05, 3.63) is 29.8 Å². The van der Waals surface area contributed by atoms with Gasteiger partial charge in [-0.25, -0.2) is 8.42 Å². The number of sulfone groups is 1. The van der Waals surface area contributed by atoms with Crippen molar-refractivity contribution >= 4 is 15.7 Å². The Balaban J connectivity index is 3.29. The van der Waals surface area contributed by atoms with Gasteiger partial charge in [0, 0.05) is 19.3 Å². The molecular formula is C12H17NO3S. The third-order valence-corrected chi connectivity index (χ3v) is 3.77. The molecule has 1 amide bonds. The zero-order chi connectivity index (χ0) is 13.2. The van der Waals surface area contributed by atoms with Crippen molar-refractivity contribution in [3.63, 3.8) is 0 Å². The predicted octanol–water partition coefficient (Wildman–Crippen LogP) is 1.57. The van der Waals surface area contributed by atoms with E-state index in [-0.39, 0.29) is 22.4 Å². The van der Waals surface area contributed by atoms with Crippen molar-refractivity contribution in [2.24, 2.45) is 0 Å². The van der Waals surface area contributed by atoms with Crippen molar-refractivity contribution in [2.75, 3.05) is 13.3 Å². The second-order valence-electron chi connectivity index (χ2n) is 4.28. The first-order chi connectivity index (χ1) is 7.75. The molecule has 4 nitrogen and oxygen atoms in total. The fraction of sp³-hybridized carbons (Fsp3) is 0.417. The molecule has 94 valence electrons. The first kappa shape index (κ1) is 13.7. The minimum absolute atomic E-state index is 0.0233. The van der Waals surface area contributed by atoms with Crippen molar-refractivity contribution < 1.29 is 13.2 Å². The highest BCUT2D eigenvalue weighted by atomic mass is 32.2. The largest absolute Gasteiger partial charge is 0.339 e. The Morgan fingerprint density at radius 1 is 1.24 bits per heavy atom. The fourth-order valence-electron chi connectivity index (χ4n) is 1.39. The topological polar surface area (TPSA) is 54.5 Å². The number of hydrogen-bond donors (Lipinski definition) is 0. The van der Waals surface area contributed by atoms with E-state index in [0.29, 0.717) is 0 Å². The molecule has 1 aromatic carbocycles. The number of nitrogens with zero attached hydrogens (tertiary/aromatic N) is 1. The molecule has 0 atom stereocenters. The standard InChI is InChI=1S/C12H17NO3S/c1-9(2)13(3)12(14)10-7-5-6-8-11(10)17(4,15)16/h5-9H,1-4H3. The number of rotatable bonds is 3. The second-order valence-corrected chi connectivity index (χ2v) is 6.26. The number of carbonyl (C=O) groups is 1. The smallest absolute Gasteiger partial charge is 0.255 e. The molecule has 1 rings (SSSR count). The molecule has 0 aliphatic carbocycles. The van der Waals surface area contributed by atoms with Crippen LogP contribution in [0.1, 0.15) is 24.2 Å². The highest BCUT2D eigenvalue weighted by Gasteiger charge is 2.21. The van der Waals surface area contributed by atoms with Crippen LogP contribution in [0.25, 0.3) is 0 Å². The highest BCUT2D eigenvalue weighted by molar-refractivity contribution is 7.90. The van der Waals surface area contributed by atoms with Gasteiger partial charge in [0.1, 0.15) is 0 Å². The van der Waals surface area contributed by atoms with Gasteiger partial charge in [0.25, 0.3) is 5.91 Å². The summed E-state index contributed by atoms with van der Waals surface area (Å²) >= 11 is 0. The number of amides is 1. The summed E-state index contributed by atoms with van der Waals surface area (Å²) in [5.41, 5.74) is 0.228. The summed E-state index contributed by atoms with van der Waals surface area (Å²) in [6.07, 6.45) is 1.11. The van der Waals surface area contributed by atoms with Crippen molar-refractivity contribution in [1.82, 2.24) is 4.90 Å². The third kappa shape index (κ3) is 3.06. The molecule has 1 aromatic rings. The summed E-state index contributed by atoms with van der Waals surface area (Å²) in [5, 5.41) is 0. The van der Waals surface area contributed by atoms with Gasteiger partial charge in [-0.15, -0.1) is 0 Å². The lowest BCUT2D eigenvalue weighted by Crippen LogP contribution is -2.33. The summed E-state index contributed by atoms with van der Waals surface area (Å²) in [4.78, 5) is 13.7.